The number of halogens is 2. The van der Waals surface area contributed by atoms with Crippen LogP contribution in [0.1, 0.15) is 42.0 Å². The van der Waals surface area contributed by atoms with Gasteiger partial charge < -0.3 is 0 Å². The fourth-order valence-corrected chi connectivity index (χ4v) is 3.55. The Morgan fingerprint density at radius 3 is 1.03 bits per heavy atom. The van der Waals surface area contributed by atoms with Crippen LogP contribution in [0.3, 0.4) is 0 Å². The highest BCUT2D eigenvalue weighted by Gasteiger charge is 2.40. The summed E-state index contributed by atoms with van der Waals surface area (Å²) in [6, 6.07) is 6.08. The standard InChI is InChI=1S/2C11H5ClN4O2/c2*12-6-1-2-7(15-5-6)16-10(17)8-9(11(16)18)14-4-3-13-8/h2*1-5H. The number of hydrogen-bond donors (Lipinski definition) is 0. The molecule has 2 aliphatic rings. The van der Waals surface area contributed by atoms with Gasteiger partial charge in [-0.05, 0) is 24.3 Å². The number of fused-ring (bicyclic) bond motifs is 2. The first-order chi connectivity index (χ1) is 17.4. The number of amides is 4. The lowest BCUT2D eigenvalue weighted by Crippen LogP contribution is -2.30. The third kappa shape index (κ3) is 3.93. The summed E-state index contributed by atoms with van der Waals surface area (Å²) < 4.78 is 0. The molecule has 0 atom stereocenters. The number of anilines is 2. The Hall–Kier alpha value is -4.68. The van der Waals surface area contributed by atoms with E-state index in [1.807, 2.05) is 0 Å². The quantitative estimate of drug-likeness (QED) is 0.360. The molecular weight excluding hydrogens is 511 g/mol. The van der Waals surface area contributed by atoms with Gasteiger partial charge in [0, 0.05) is 37.2 Å². The Morgan fingerprint density at radius 1 is 0.472 bits per heavy atom. The van der Waals surface area contributed by atoms with Crippen molar-refractivity contribution in [2.24, 2.45) is 0 Å². The summed E-state index contributed by atoms with van der Waals surface area (Å²) in [6.07, 6.45) is 8.18. The molecule has 12 nitrogen and oxygen atoms in total. The molecule has 0 N–H and O–H groups in total. The van der Waals surface area contributed by atoms with E-state index in [1.165, 1.54) is 49.3 Å². The molecule has 0 aromatic carbocycles. The zero-order valence-corrected chi connectivity index (χ0v) is 19.3. The number of rotatable bonds is 2. The zero-order chi connectivity index (χ0) is 25.4. The van der Waals surface area contributed by atoms with Crippen LogP contribution in [0.4, 0.5) is 11.6 Å². The SMILES string of the molecule is O=C1c2nccnc2C(=O)N1c1ccc(Cl)cn1.O=C1c2nccnc2C(=O)N1c1ccc(Cl)cn1. The summed E-state index contributed by atoms with van der Waals surface area (Å²) in [6.45, 7) is 0. The van der Waals surface area contributed by atoms with Gasteiger partial charge in [0.2, 0.25) is 0 Å². The summed E-state index contributed by atoms with van der Waals surface area (Å²) >= 11 is 11.4. The molecule has 4 amide bonds. The molecule has 0 unspecified atom stereocenters. The predicted molar refractivity (Wildman–Crippen MR) is 125 cm³/mol. The first-order valence-corrected chi connectivity index (χ1v) is 10.7. The number of hydrogen-bond acceptors (Lipinski definition) is 10. The highest BCUT2D eigenvalue weighted by molar-refractivity contribution is 6.34. The fourth-order valence-electron chi connectivity index (χ4n) is 3.33. The molecular formula is C22H10Cl2N8O4. The van der Waals surface area contributed by atoms with Crippen LogP contribution >= 0.6 is 23.2 Å². The molecule has 0 bridgehead atoms. The van der Waals surface area contributed by atoms with E-state index in [0.717, 1.165) is 9.80 Å². The van der Waals surface area contributed by atoms with Crippen LogP contribution in [0.2, 0.25) is 10.0 Å². The maximum atomic E-state index is 12.0. The lowest BCUT2D eigenvalue weighted by atomic mass is 10.3. The van der Waals surface area contributed by atoms with Gasteiger partial charge in [-0.3, -0.25) is 19.2 Å². The number of nitrogens with zero attached hydrogens (tertiary/aromatic N) is 8. The summed E-state index contributed by atoms with van der Waals surface area (Å²) in [7, 11) is 0. The highest BCUT2D eigenvalue weighted by atomic mass is 35.5. The van der Waals surface area contributed by atoms with Crippen LogP contribution in [0.25, 0.3) is 0 Å². The number of imide groups is 2. The summed E-state index contributed by atoms with van der Waals surface area (Å²) in [4.78, 5) is 73.3. The van der Waals surface area contributed by atoms with Crippen molar-refractivity contribution in [1.82, 2.24) is 29.9 Å². The molecule has 0 saturated carbocycles. The second kappa shape index (κ2) is 9.17. The first kappa shape index (κ1) is 23.1. The molecule has 4 aromatic rings. The van der Waals surface area contributed by atoms with Gasteiger partial charge in [-0.1, -0.05) is 23.2 Å². The molecule has 0 fully saturated rings. The fraction of sp³-hybridized carbons (Fsp3) is 0. The summed E-state index contributed by atoms with van der Waals surface area (Å²) in [5, 5.41) is 0.846. The van der Waals surface area contributed by atoms with Crippen molar-refractivity contribution in [3.05, 3.63) is 94.3 Å². The van der Waals surface area contributed by atoms with E-state index in [1.54, 1.807) is 12.1 Å². The van der Waals surface area contributed by atoms with Crippen LogP contribution < -0.4 is 9.80 Å². The molecule has 6 heterocycles. The van der Waals surface area contributed by atoms with Gasteiger partial charge >= 0.3 is 0 Å². The van der Waals surface area contributed by atoms with Crippen molar-refractivity contribution in [2.45, 2.75) is 0 Å². The molecule has 2 aliphatic heterocycles. The first-order valence-electron chi connectivity index (χ1n) is 9.99. The van der Waals surface area contributed by atoms with Gasteiger partial charge in [-0.2, -0.15) is 0 Å². The monoisotopic (exact) mass is 520 g/mol. The van der Waals surface area contributed by atoms with E-state index < -0.39 is 23.6 Å². The van der Waals surface area contributed by atoms with Crippen LogP contribution in [0, 0.1) is 0 Å². The average molecular weight is 521 g/mol. The maximum absolute atomic E-state index is 12.0. The lowest BCUT2D eigenvalue weighted by Gasteiger charge is -2.11. The summed E-state index contributed by atoms with van der Waals surface area (Å²) in [5.74, 6) is -1.71. The molecule has 0 saturated heterocycles. The Kier molecular flexibility index (Phi) is 5.88. The summed E-state index contributed by atoms with van der Waals surface area (Å²) in [5.41, 5.74) is 0.164. The van der Waals surface area contributed by atoms with Crippen LogP contribution in [0.15, 0.2) is 61.4 Å². The molecule has 6 rings (SSSR count). The highest BCUT2D eigenvalue weighted by Crippen LogP contribution is 2.26. The Labute approximate surface area is 211 Å². The van der Waals surface area contributed by atoms with E-state index >= 15 is 0 Å². The van der Waals surface area contributed by atoms with Crippen molar-refractivity contribution in [2.75, 3.05) is 9.80 Å². The minimum absolute atomic E-state index is 0.0410. The normalized spacial score (nSPS) is 13.9. The van der Waals surface area contributed by atoms with E-state index in [4.69, 9.17) is 23.2 Å². The molecule has 4 aromatic heterocycles. The van der Waals surface area contributed by atoms with Gasteiger partial charge in [0.25, 0.3) is 23.6 Å². The number of carbonyl (C=O) groups is 4. The largest absolute Gasteiger partial charge is 0.287 e. The third-order valence-corrected chi connectivity index (χ3v) is 5.35. The zero-order valence-electron chi connectivity index (χ0n) is 17.7. The predicted octanol–water partition coefficient (Wildman–Crippen LogP) is 2.65. The molecule has 0 spiro atoms. The number of carbonyl (C=O) groups excluding carboxylic acids is 4. The van der Waals surface area contributed by atoms with E-state index in [0.29, 0.717) is 10.0 Å². The third-order valence-electron chi connectivity index (χ3n) is 4.90. The van der Waals surface area contributed by atoms with Crippen LogP contribution in [0.5, 0.6) is 0 Å². The van der Waals surface area contributed by atoms with Gasteiger partial charge in [0.1, 0.15) is 11.6 Å². The van der Waals surface area contributed by atoms with Crippen LogP contribution in [-0.2, 0) is 0 Å². The van der Waals surface area contributed by atoms with Crippen molar-refractivity contribution < 1.29 is 19.2 Å². The smallest absolute Gasteiger partial charge is 0.266 e. The molecule has 0 aliphatic carbocycles. The minimum atomic E-state index is -0.530. The maximum Gasteiger partial charge on any atom is 0.287 e. The second-order valence-corrected chi connectivity index (χ2v) is 7.94. The second-order valence-electron chi connectivity index (χ2n) is 7.07. The Bertz CT molecular complexity index is 1360. The van der Waals surface area contributed by atoms with Crippen LogP contribution in [-0.4, -0.2) is 53.5 Å². The molecule has 0 radical (unpaired) electrons. The molecule has 14 heteroatoms. The van der Waals surface area contributed by atoms with Crippen molar-refractivity contribution in [3.8, 4) is 0 Å². The van der Waals surface area contributed by atoms with Crippen molar-refractivity contribution in [3.63, 3.8) is 0 Å². The Morgan fingerprint density at radius 2 is 0.778 bits per heavy atom. The van der Waals surface area contributed by atoms with E-state index in [2.05, 4.69) is 29.9 Å². The van der Waals surface area contributed by atoms with Gasteiger partial charge in [-0.25, -0.2) is 39.7 Å². The molecule has 36 heavy (non-hydrogen) atoms. The van der Waals surface area contributed by atoms with Gasteiger partial charge in [-0.15, -0.1) is 0 Å². The Balaban J connectivity index is 0.000000148. The van der Waals surface area contributed by atoms with Gasteiger partial charge in [0.15, 0.2) is 22.8 Å². The van der Waals surface area contributed by atoms with E-state index in [9.17, 15) is 19.2 Å². The lowest BCUT2D eigenvalue weighted by molar-refractivity contribution is 0.0906. The number of aromatic nitrogens is 6. The van der Waals surface area contributed by atoms with E-state index in [-0.39, 0.29) is 34.4 Å². The topological polar surface area (TPSA) is 152 Å². The number of pyridine rings is 2. The average Bonchev–Trinajstić information content (AvgIpc) is 3.30. The van der Waals surface area contributed by atoms with Crippen molar-refractivity contribution >= 4 is 58.5 Å². The minimum Gasteiger partial charge on any atom is -0.266 e. The van der Waals surface area contributed by atoms with Gasteiger partial charge in [0.05, 0.1) is 10.0 Å². The molecule has 176 valence electrons. The van der Waals surface area contributed by atoms with Crippen molar-refractivity contribution in [1.29, 1.82) is 0 Å².